The van der Waals surface area contributed by atoms with Crippen molar-refractivity contribution in [2.45, 2.75) is 48.3 Å². The number of rotatable bonds is 6. The van der Waals surface area contributed by atoms with Crippen molar-refractivity contribution in [2.75, 3.05) is 0 Å². The fraction of sp³-hybridized carbons (Fsp3) is 0.143. The molecule has 0 spiro atoms. The van der Waals surface area contributed by atoms with Crippen LogP contribution >= 0.6 is 0 Å². The molecule has 0 saturated heterocycles. The van der Waals surface area contributed by atoms with Crippen molar-refractivity contribution in [3.05, 3.63) is 139 Å². The second kappa shape index (κ2) is 12.7. The molecule has 0 aliphatic heterocycles. The summed E-state index contributed by atoms with van der Waals surface area (Å²) in [6.07, 6.45) is 3.94. The fourth-order valence-electron chi connectivity index (χ4n) is 7.59. The van der Waals surface area contributed by atoms with Crippen LogP contribution < -0.4 is 4.18 Å². The third-order valence-electron chi connectivity index (χ3n) is 9.81. The molecule has 0 unspecified atom stereocenters. The lowest BCUT2D eigenvalue weighted by Gasteiger charge is -2.24. The summed E-state index contributed by atoms with van der Waals surface area (Å²) >= 11 is 0. The van der Waals surface area contributed by atoms with Crippen molar-refractivity contribution >= 4 is 52.6 Å². The Morgan fingerprint density at radius 2 is 1.04 bits per heavy atom. The van der Waals surface area contributed by atoms with E-state index >= 15 is 8.42 Å². The Bertz CT molecular complexity index is 2670. The molecule has 0 N–H and O–H groups in total. The second-order valence-corrected chi connectivity index (χ2v) is 15.7. The van der Waals surface area contributed by atoms with E-state index in [1.807, 2.05) is 115 Å². The fourth-order valence-corrected chi connectivity index (χ4v) is 9.73. The molecule has 0 radical (unpaired) electrons. The Hall–Kier alpha value is -5.02. The van der Waals surface area contributed by atoms with Crippen molar-refractivity contribution in [3.63, 3.8) is 0 Å². The topological polar surface area (TPSA) is 101 Å². The van der Waals surface area contributed by atoms with Crippen LogP contribution in [0.1, 0.15) is 36.8 Å². The first kappa shape index (κ1) is 32.2. The zero-order valence-corrected chi connectivity index (χ0v) is 28.8. The van der Waals surface area contributed by atoms with Crippen LogP contribution in [0, 0.1) is 0 Å². The molecule has 1 aliphatic carbocycles. The van der Waals surface area contributed by atoms with Crippen LogP contribution in [0.3, 0.4) is 0 Å². The van der Waals surface area contributed by atoms with Crippen LogP contribution in [0.2, 0.25) is 0 Å². The minimum atomic E-state index is -4.79. The summed E-state index contributed by atoms with van der Waals surface area (Å²) in [4.78, 5) is -0.290. The van der Waals surface area contributed by atoms with Gasteiger partial charge in [-0.3, -0.25) is 0 Å². The van der Waals surface area contributed by atoms with Gasteiger partial charge in [-0.1, -0.05) is 122 Å². The van der Waals surface area contributed by atoms with Crippen LogP contribution in [0.5, 0.6) is 5.75 Å². The summed E-state index contributed by atoms with van der Waals surface area (Å²) in [7, 11) is -9.42. The van der Waals surface area contributed by atoms with E-state index in [0.29, 0.717) is 47.9 Å². The van der Waals surface area contributed by atoms with Crippen molar-refractivity contribution in [1.29, 1.82) is 0 Å². The van der Waals surface area contributed by atoms with Gasteiger partial charge in [-0.25, -0.2) is 8.42 Å². The van der Waals surface area contributed by atoms with E-state index in [9.17, 15) is 13.0 Å². The van der Waals surface area contributed by atoms with Gasteiger partial charge in [-0.15, -0.1) is 0 Å². The highest BCUT2D eigenvalue weighted by Crippen LogP contribution is 2.46. The highest BCUT2D eigenvalue weighted by Gasteiger charge is 2.31. The molecule has 0 saturated carbocycles. The lowest BCUT2D eigenvalue weighted by molar-refractivity contribution is 0.460. The summed E-state index contributed by atoms with van der Waals surface area (Å²) in [6.45, 7) is 0. The Morgan fingerprint density at radius 3 is 1.70 bits per heavy atom. The molecule has 0 atom stereocenters. The first-order valence-corrected chi connectivity index (χ1v) is 19.6. The van der Waals surface area contributed by atoms with Gasteiger partial charge in [-0.05, 0) is 92.9 Å². The standard InChI is InChI=1S/C42H34O6S2/c43-49(44,45)40-26-25-39(35-21-3-1-2-4-22-36(35)40)48-50(46,47)42-38(34-23-11-16-28-13-5-8-18-31(28)34)27-30-15-7-10-20-33(30)41(42)37-24-12-17-29-14-6-9-19-32(29)37/h5-20,23-27H,1-4,21-22H2,(H,43,44,45)/p-1. The van der Waals surface area contributed by atoms with Crippen LogP contribution in [-0.2, 0) is 33.1 Å². The Morgan fingerprint density at radius 1 is 0.500 bits per heavy atom. The van der Waals surface area contributed by atoms with E-state index in [-0.39, 0.29) is 15.5 Å². The highest BCUT2D eigenvalue weighted by atomic mass is 32.2. The highest BCUT2D eigenvalue weighted by molar-refractivity contribution is 7.87. The van der Waals surface area contributed by atoms with Gasteiger partial charge in [0.1, 0.15) is 20.8 Å². The van der Waals surface area contributed by atoms with Crippen LogP contribution in [0.15, 0.2) is 137 Å². The van der Waals surface area contributed by atoms with Crippen molar-refractivity contribution in [1.82, 2.24) is 0 Å². The zero-order chi connectivity index (χ0) is 34.5. The van der Waals surface area contributed by atoms with Gasteiger partial charge in [-0.2, -0.15) is 8.42 Å². The molecule has 6 nitrogen and oxygen atoms in total. The SMILES string of the molecule is O=S(=O)([O-])c1ccc(OS(=O)(=O)c2c(-c3cccc4ccccc34)cc3ccccc3c2-c2cccc3ccccc23)c2c1CCCCCC2. The molecular weight excluding hydrogens is 665 g/mol. The third-order valence-corrected chi connectivity index (χ3v) is 12.1. The van der Waals surface area contributed by atoms with Crippen LogP contribution in [0.4, 0.5) is 0 Å². The van der Waals surface area contributed by atoms with E-state index in [1.54, 1.807) is 0 Å². The van der Waals surface area contributed by atoms with Crippen molar-refractivity contribution < 1.29 is 25.6 Å². The van der Waals surface area contributed by atoms with E-state index < -0.39 is 20.2 Å². The predicted octanol–water partition coefficient (Wildman–Crippen LogP) is 9.81. The van der Waals surface area contributed by atoms with Gasteiger partial charge in [0.15, 0.2) is 0 Å². The third kappa shape index (κ3) is 5.73. The Labute approximate surface area is 291 Å². The van der Waals surface area contributed by atoms with E-state index in [1.165, 1.54) is 12.1 Å². The first-order valence-electron chi connectivity index (χ1n) is 16.8. The summed E-state index contributed by atoms with van der Waals surface area (Å²) < 4.78 is 73.7. The lowest BCUT2D eigenvalue weighted by Crippen LogP contribution is -2.16. The average Bonchev–Trinajstić information content (AvgIpc) is 3.10. The molecule has 0 heterocycles. The molecule has 50 heavy (non-hydrogen) atoms. The molecule has 1 aliphatic rings. The van der Waals surface area contributed by atoms with Gasteiger partial charge >= 0.3 is 10.1 Å². The lowest BCUT2D eigenvalue weighted by atomic mass is 9.89. The molecule has 0 bridgehead atoms. The maximum atomic E-state index is 15.2. The molecule has 8 rings (SSSR count). The number of hydrogen-bond donors (Lipinski definition) is 0. The number of benzene rings is 7. The average molecular weight is 698 g/mol. The second-order valence-electron chi connectivity index (χ2n) is 12.8. The summed E-state index contributed by atoms with van der Waals surface area (Å²) in [5, 5.41) is 5.32. The molecular formula is C42H33O6S2-. The molecule has 0 aromatic heterocycles. The molecule has 0 amide bonds. The smallest absolute Gasteiger partial charge is 0.340 e. The molecule has 0 fully saturated rings. The van der Waals surface area contributed by atoms with E-state index in [4.69, 9.17) is 4.18 Å². The van der Waals surface area contributed by atoms with Crippen molar-refractivity contribution in [2.24, 2.45) is 0 Å². The minimum absolute atomic E-state index is 0.0176. The number of fused-ring (bicyclic) bond motifs is 4. The van der Waals surface area contributed by atoms with E-state index in [0.717, 1.165) is 56.3 Å². The zero-order valence-electron chi connectivity index (χ0n) is 27.1. The molecule has 8 heteroatoms. The monoisotopic (exact) mass is 697 g/mol. The van der Waals surface area contributed by atoms with Gasteiger partial charge in [0.2, 0.25) is 0 Å². The predicted molar refractivity (Wildman–Crippen MR) is 198 cm³/mol. The first-order chi connectivity index (χ1) is 24.2. The summed E-state index contributed by atoms with van der Waals surface area (Å²) in [6, 6.07) is 39.7. The molecule has 7 aromatic carbocycles. The number of hydrogen-bond acceptors (Lipinski definition) is 6. The normalized spacial score (nSPS) is 13.9. The van der Waals surface area contributed by atoms with E-state index in [2.05, 4.69) is 0 Å². The summed E-state index contributed by atoms with van der Waals surface area (Å²) in [5.41, 5.74) is 3.31. The van der Waals surface area contributed by atoms with Crippen LogP contribution in [0.25, 0.3) is 54.6 Å². The van der Waals surface area contributed by atoms with Crippen molar-refractivity contribution in [3.8, 4) is 28.0 Å². The van der Waals surface area contributed by atoms with Gasteiger partial charge in [0, 0.05) is 16.7 Å². The van der Waals surface area contributed by atoms with Gasteiger partial charge in [0.25, 0.3) is 0 Å². The summed E-state index contributed by atoms with van der Waals surface area (Å²) in [5.74, 6) is 0.0511. The molecule has 250 valence electrons. The Balaban J connectivity index is 1.47. The molecule has 7 aromatic rings. The van der Waals surface area contributed by atoms with Crippen LogP contribution in [-0.4, -0.2) is 21.4 Å². The largest absolute Gasteiger partial charge is 0.744 e. The minimum Gasteiger partial charge on any atom is -0.744 e. The van der Waals surface area contributed by atoms with Gasteiger partial charge in [0.05, 0.1) is 4.90 Å². The maximum absolute atomic E-state index is 15.2. The van der Waals surface area contributed by atoms with Gasteiger partial charge < -0.3 is 8.74 Å². The quantitative estimate of drug-likeness (QED) is 0.127. The maximum Gasteiger partial charge on any atom is 0.340 e. The Kier molecular flexibility index (Phi) is 8.18.